The number of hydrogen-bond donors (Lipinski definition) is 0. The number of ketones is 1. The number of ether oxygens (including phenoxy) is 2. The molecule has 0 bridgehead atoms. The van der Waals surface area contributed by atoms with Crippen molar-refractivity contribution in [2.24, 2.45) is 11.3 Å². The normalized spacial score (nSPS) is 18.2. The minimum atomic E-state index is -0.631. The van der Waals surface area contributed by atoms with Gasteiger partial charge in [-0.1, -0.05) is 20.8 Å². The fraction of sp³-hybridized carbons (Fsp3) is 0.818. The van der Waals surface area contributed by atoms with Crippen molar-refractivity contribution in [3.05, 3.63) is 0 Å². The predicted molar refractivity (Wildman–Crippen MR) is 54.5 cm³/mol. The molecule has 1 aliphatic heterocycles. The maximum Gasteiger partial charge on any atom is 0.508 e. The first-order valence-corrected chi connectivity index (χ1v) is 5.28. The molecule has 0 aliphatic carbocycles. The van der Waals surface area contributed by atoms with Crippen molar-refractivity contribution in [2.75, 3.05) is 13.2 Å². The molecule has 0 radical (unpaired) electrons. The highest BCUT2D eigenvalue weighted by Crippen LogP contribution is 2.25. The Morgan fingerprint density at radius 3 is 2.40 bits per heavy atom. The lowest BCUT2D eigenvalue weighted by molar-refractivity contribution is -0.130. The fourth-order valence-corrected chi connectivity index (χ4v) is 1.32. The molecule has 1 rings (SSSR count). The van der Waals surface area contributed by atoms with Crippen molar-refractivity contribution in [1.82, 2.24) is 0 Å². The average molecular weight is 214 g/mol. The molecule has 0 aromatic carbocycles. The van der Waals surface area contributed by atoms with E-state index < -0.39 is 6.16 Å². The van der Waals surface area contributed by atoms with Crippen LogP contribution in [-0.2, 0) is 14.3 Å². The third-order valence-corrected chi connectivity index (χ3v) is 2.99. The van der Waals surface area contributed by atoms with Crippen LogP contribution in [0.2, 0.25) is 0 Å². The summed E-state index contributed by atoms with van der Waals surface area (Å²) in [6.45, 7) is 6.46. The van der Waals surface area contributed by atoms with E-state index in [4.69, 9.17) is 9.47 Å². The molecule has 0 amide bonds. The smallest absolute Gasteiger partial charge is 0.434 e. The highest BCUT2D eigenvalue weighted by molar-refractivity contribution is 5.84. The van der Waals surface area contributed by atoms with Crippen LogP contribution in [0.4, 0.5) is 4.79 Å². The van der Waals surface area contributed by atoms with Gasteiger partial charge in [-0.3, -0.25) is 4.79 Å². The Hall–Kier alpha value is -1.06. The van der Waals surface area contributed by atoms with Gasteiger partial charge in [0.15, 0.2) is 0 Å². The number of rotatable bonds is 4. The summed E-state index contributed by atoms with van der Waals surface area (Å²) in [5.74, 6) is 0.220. The van der Waals surface area contributed by atoms with Crippen LogP contribution in [0.3, 0.4) is 0 Å². The summed E-state index contributed by atoms with van der Waals surface area (Å²) in [5.41, 5.74) is -0.290. The van der Waals surface area contributed by atoms with E-state index in [0.29, 0.717) is 19.6 Å². The lowest BCUT2D eigenvalue weighted by Gasteiger charge is -2.26. The van der Waals surface area contributed by atoms with Crippen LogP contribution in [0.5, 0.6) is 0 Å². The van der Waals surface area contributed by atoms with E-state index in [1.165, 1.54) is 0 Å². The molecule has 0 N–H and O–H groups in total. The number of carbonyl (C=O) groups is 2. The lowest BCUT2D eigenvalue weighted by Crippen LogP contribution is -2.33. The largest absolute Gasteiger partial charge is 0.508 e. The van der Waals surface area contributed by atoms with Gasteiger partial charge in [0.2, 0.25) is 0 Å². The van der Waals surface area contributed by atoms with Crippen molar-refractivity contribution in [3.63, 3.8) is 0 Å². The quantitative estimate of drug-likeness (QED) is 0.673. The third kappa shape index (κ3) is 3.22. The van der Waals surface area contributed by atoms with E-state index in [0.717, 1.165) is 6.42 Å². The van der Waals surface area contributed by atoms with Crippen LogP contribution in [0, 0.1) is 11.3 Å². The molecule has 15 heavy (non-hydrogen) atoms. The summed E-state index contributed by atoms with van der Waals surface area (Å²) in [5, 5.41) is 0. The summed E-state index contributed by atoms with van der Waals surface area (Å²) in [4.78, 5) is 22.5. The highest BCUT2D eigenvalue weighted by atomic mass is 16.7. The van der Waals surface area contributed by atoms with Crippen LogP contribution in [0.15, 0.2) is 0 Å². The van der Waals surface area contributed by atoms with Gasteiger partial charge < -0.3 is 9.47 Å². The van der Waals surface area contributed by atoms with Gasteiger partial charge in [0.05, 0.1) is 0 Å². The Bertz CT molecular complexity index is 247. The average Bonchev–Trinajstić information content (AvgIpc) is 2.21. The first kappa shape index (κ1) is 12.0. The second-order valence-corrected chi connectivity index (χ2v) is 4.60. The first-order valence-electron chi connectivity index (χ1n) is 5.28. The maximum atomic E-state index is 11.8. The predicted octanol–water partition coefficient (Wildman–Crippen LogP) is 2.16. The Kier molecular flexibility index (Phi) is 3.72. The van der Waals surface area contributed by atoms with Gasteiger partial charge in [-0.2, -0.15) is 0 Å². The van der Waals surface area contributed by atoms with Crippen LogP contribution < -0.4 is 0 Å². The SMILES string of the molecule is CCC(C)(C)C(=O)CC1COC(=O)OC1. The van der Waals surface area contributed by atoms with Gasteiger partial charge in [0.25, 0.3) is 0 Å². The van der Waals surface area contributed by atoms with E-state index in [1.54, 1.807) is 0 Å². The number of cyclic esters (lactones) is 2. The molecule has 1 aliphatic rings. The molecule has 0 spiro atoms. The Balaban J connectivity index is 2.42. The Labute approximate surface area is 89.9 Å². The molecule has 0 unspecified atom stereocenters. The second kappa shape index (κ2) is 4.64. The summed E-state index contributed by atoms with van der Waals surface area (Å²) >= 11 is 0. The second-order valence-electron chi connectivity index (χ2n) is 4.60. The topological polar surface area (TPSA) is 52.6 Å². The molecule has 1 fully saturated rings. The molecule has 0 saturated carbocycles. The number of hydrogen-bond acceptors (Lipinski definition) is 4. The molecule has 1 saturated heterocycles. The van der Waals surface area contributed by atoms with Crippen molar-refractivity contribution in [1.29, 1.82) is 0 Å². The molecule has 0 aromatic heterocycles. The third-order valence-electron chi connectivity index (χ3n) is 2.99. The maximum absolute atomic E-state index is 11.8. The van der Waals surface area contributed by atoms with Gasteiger partial charge in [-0.15, -0.1) is 0 Å². The van der Waals surface area contributed by atoms with Gasteiger partial charge in [0, 0.05) is 17.8 Å². The Morgan fingerprint density at radius 2 is 1.93 bits per heavy atom. The van der Waals surface area contributed by atoms with Crippen LogP contribution >= 0.6 is 0 Å². The monoisotopic (exact) mass is 214 g/mol. The molecular formula is C11H18O4. The van der Waals surface area contributed by atoms with Gasteiger partial charge in [0.1, 0.15) is 19.0 Å². The van der Waals surface area contributed by atoms with E-state index in [2.05, 4.69) is 0 Å². The summed E-state index contributed by atoms with van der Waals surface area (Å²) in [6, 6.07) is 0. The summed E-state index contributed by atoms with van der Waals surface area (Å²) in [6.07, 6.45) is 0.612. The summed E-state index contributed by atoms with van der Waals surface area (Å²) in [7, 11) is 0. The minimum Gasteiger partial charge on any atom is -0.434 e. The minimum absolute atomic E-state index is 0.0148. The number of carbonyl (C=O) groups excluding carboxylic acids is 2. The lowest BCUT2D eigenvalue weighted by atomic mass is 9.81. The zero-order chi connectivity index (χ0) is 11.5. The molecule has 0 atom stereocenters. The molecule has 4 nitrogen and oxygen atoms in total. The van der Waals surface area contributed by atoms with E-state index in [9.17, 15) is 9.59 Å². The van der Waals surface area contributed by atoms with E-state index in [1.807, 2.05) is 20.8 Å². The fourth-order valence-electron chi connectivity index (χ4n) is 1.32. The van der Waals surface area contributed by atoms with Gasteiger partial charge in [-0.05, 0) is 6.42 Å². The standard InChI is InChI=1S/C11H18O4/c1-4-11(2,3)9(12)5-8-6-14-10(13)15-7-8/h8H,4-7H2,1-3H3. The van der Waals surface area contributed by atoms with E-state index in [-0.39, 0.29) is 17.1 Å². The first-order chi connectivity index (χ1) is 6.95. The Morgan fingerprint density at radius 1 is 1.40 bits per heavy atom. The zero-order valence-electron chi connectivity index (χ0n) is 9.54. The highest BCUT2D eigenvalue weighted by Gasteiger charge is 2.30. The van der Waals surface area contributed by atoms with Gasteiger partial charge >= 0.3 is 6.16 Å². The molecule has 0 aromatic rings. The number of Topliss-reactive ketones (excluding diaryl/α,β-unsaturated/α-hetero) is 1. The zero-order valence-corrected chi connectivity index (χ0v) is 9.54. The van der Waals surface area contributed by atoms with Crippen molar-refractivity contribution >= 4 is 11.9 Å². The van der Waals surface area contributed by atoms with E-state index >= 15 is 0 Å². The van der Waals surface area contributed by atoms with Crippen molar-refractivity contribution in [2.45, 2.75) is 33.6 Å². The van der Waals surface area contributed by atoms with Crippen molar-refractivity contribution < 1.29 is 19.1 Å². The molecule has 86 valence electrons. The summed E-state index contributed by atoms with van der Waals surface area (Å²) < 4.78 is 9.45. The van der Waals surface area contributed by atoms with Gasteiger partial charge in [-0.25, -0.2) is 4.79 Å². The van der Waals surface area contributed by atoms with Crippen molar-refractivity contribution in [3.8, 4) is 0 Å². The molecular weight excluding hydrogens is 196 g/mol. The molecule has 4 heteroatoms. The van der Waals surface area contributed by atoms with Crippen LogP contribution in [-0.4, -0.2) is 25.2 Å². The van der Waals surface area contributed by atoms with Crippen LogP contribution in [0.25, 0.3) is 0 Å². The molecule has 1 heterocycles. The van der Waals surface area contributed by atoms with Crippen LogP contribution in [0.1, 0.15) is 33.6 Å².